The summed E-state index contributed by atoms with van der Waals surface area (Å²) >= 11 is 3.33. The van der Waals surface area contributed by atoms with Crippen molar-refractivity contribution in [1.82, 2.24) is 4.98 Å². The minimum Gasteiger partial charge on any atom is -0.488 e. The molecule has 0 amide bonds. The van der Waals surface area contributed by atoms with Crippen LogP contribution in [-0.2, 0) is 0 Å². The Balaban J connectivity index is 2.21. The maximum Gasteiger partial charge on any atom is 0.152 e. The number of halogens is 1. The minimum absolute atomic E-state index is 0.353. The summed E-state index contributed by atoms with van der Waals surface area (Å²) in [6.07, 6.45) is 4.17. The Labute approximate surface area is 84.5 Å². The van der Waals surface area contributed by atoms with Gasteiger partial charge in [-0.25, -0.2) is 4.98 Å². The monoisotopic (exact) mass is 238 g/mol. The number of pyridine rings is 1. The van der Waals surface area contributed by atoms with Crippen LogP contribution in [0, 0.1) is 11.3 Å². The molecular weight excluding hydrogens is 232 g/mol. The molecule has 0 unspecified atom stereocenters. The molecular formula is C9H7BrN2O. The lowest BCUT2D eigenvalue weighted by Gasteiger charge is -2.05. The summed E-state index contributed by atoms with van der Waals surface area (Å²) in [6.45, 7) is 0. The van der Waals surface area contributed by atoms with Crippen molar-refractivity contribution in [3.05, 3.63) is 22.4 Å². The van der Waals surface area contributed by atoms with E-state index in [9.17, 15) is 0 Å². The Morgan fingerprint density at radius 1 is 1.62 bits per heavy atom. The molecule has 1 aliphatic rings. The highest BCUT2D eigenvalue weighted by molar-refractivity contribution is 9.10. The van der Waals surface area contributed by atoms with Gasteiger partial charge in [0.1, 0.15) is 11.8 Å². The molecule has 1 aliphatic carbocycles. The van der Waals surface area contributed by atoms with Crippen LogP contribution >= 0.6 is 15.9 Å². The Bertz CT molecular complexity index is 368. The molecule has 66 valence electrons. The van der Waals surface area contributed by atoms with Crippen LogP contribution in [0.4, 0.5) is 0 Å². The Morgan fingerprint density at radius 3 is 2.92 bits per heavy atom. The van der Waals surface area contributed by atoms with Crippen LogP contribution in [0.2, 0.25) is 0 Å². The molecule has 0 aromatic carbocycles. The average molecular weight is 239 g/mol. The zero-order chi connectivity index (χ0) is 9.26. The van der Waals surface area contributed by atoms with Crippen LogP contribution in [-0.4, -0.2) is 11.1 Å². The van der Waals surface area contributed by atoms with E-state index < -0.39 is 0 Å². The van der Waals surface area contributed by atoms with Crippen LogP contribution in [0.3, 0.4) is 0 Å². The zero-order valence-electron chi connectivity index (χ0n) is 6.83. The lowest BCUT2D eigenvalue weighted by atomic mass is 10.4. The number of rotatable bonds is 2. The van der Waals surface area contributed by atoms with Gasteiger partial charge in [-0.15, -0.1) is 0 Å². The molecule has 0 spiro atoms. The van der Waals surface area contributed by atoms with E-state index in [1.54, 1.807) is 12.3 Å². The highest BCUT2D eigenvalue weighted by Gasteiger charge is 2.24. The zero-order valence-corrected chi connectivity index (χ0v) is 8.41. The van der Waals surface area contributed by atoms with Crippen LogP contribution in [0.5, 0.6) is 5.75 Å². The summed E-state index contributed by atoms with van der Waals surface area (Å²) in [5.41, 5.74) is 0.398. The van der Waals surface area contributed by atoms with Crippen molar-refractivity contribution in [1.29, 1.82) is 5.26 Å². The highest BCUT2D eigenvalue weighted by Crippen LogP contribution is 2.31. The highest BCUT2D eigenvalue weighted by atomic mass is 79.9. The summed E-state index contributed by atoms with van der Waals surface area (Å²) in [5, 5.41) is 8.57. The van der Waals surface area contributed by atoms with Gasteiger partial charge in [-0.2, -0.15) is 5.26 Å². The summed E-state index contributed by atoms with van der Waals surface area (Å²) < 4.78 is 6.33. The number of nitrogens with zero attached hydrogens (tertiary/aromatic N) is 2. The molecule has 1 fully saturated rings. The van der Waals surface area contributed by atoms with E-state index in [1.807, 2.05) is 6.07 Å². The quantitative estimate of drug-likeness (QED) is 0.795. The number of hydrogen-bond acceptors (Lipinski definition) is 3. The lowest BCUT2D eigenvalue weighted by molar-refractivity contribution is 0.300. The molecule has 0 aliphatic heterocycles. The van der Waals surface area contributed by atoms with E-state index in [2.05, 4.69) is 20.9 Å². The van der Waals surface area contributed by atoms with Gasteiger partial charge in [-0.1, -0.05) is 0 Å². The van der Waals surface area contributed by atoms with Crippen LogP contribution in [0.15, 0.2) is 16.7 Å². The van der Waals surface area contributed by atoms with Crippen molar-refractivity contribution in [2.75, 3.05) is 0 Å². The smallest absolute Gasteiger partial charge is 0.152 e. The lowest BCUT2D eigenvalue weighted by Crippen LogP contribution is -1.97. The van der Waals surface area contributed by atoms with Gasteiger partial charge in [0.25, 0.3) is 0 Å². The molecule has 4 heteroatoms. The van der Waals surface area contributed by atoms with Gasteiger partial charge >= 0.3 is 0 Å². The van der Waals surface area contributed by atoms with E-state index >= 15 is 0 Å². The molecule has 0 radical (unpaired) electrons. The first kappa shape index (κ1) is 8.52. The SMILES string of the molecule is N#Cc1cc(Br)c(OC2CC2)cn1. The largest absolute Gasteiger partial charge is 0.488 e. The molecule has 1 saturated carbocycles. The van der Waals surface area contributed by atoms with Crippen molar-refractivity contribution in [3.63, 3.8) is 0 Å². The van der Waals surface area contributed by atoms with Gasteiger partial charge in [0.05, 0.1) is 16.8 Å². The van der Waals surface area contributed by atoms with Crippen LogP contribution in [0.1, 0.15) is 18.5 Å². The molecule has 3 nitrogen and oxygen atoms in total. The van der Waals surface area contributed by atoms with E-state index in [4.69, 9.17) is 10.00 Å². The summed E-state index contributed by atoms with van der Waals surface area (Å²) in [7, 11) is 0. The van der Waals surface area contributed by atoms with Gasteiger partial charge in [-0.05, 0) is 34.8 Å². The predicted molar refractivity (Wildman–Crippen MR) is 50.3 cm³/mol. The molecule has 0 saturated heterocycles. The standard InChI is InChI=1S/C9H7BrN2O/c10-8-3-6(4-11)12-5-9(8)13-7-1-2-7/h3,5,7H,1-2H2. The number of aromatic nitrogens is 1. The van der Waals surface area contributed by atoms with Gasteiger partial charge in [0, 0.05) is 0 Å². The minimum atomic E-state index is 0.353. The van der Waals surface area contributed by atoms with Crippen molar-refractivity contribution in [2.24, 2.45) is 0 Å². The maximum absolute atomic E-state index is 8.57. The fraction of sp³-hybridized carbons (Fsp3) is 0.333. The number of ether oxygens (including phenoxy) is 1. The first-order valence-corrected chi connectivity index (χ1v) is 4.81. The normalized spacial score (nSPS) is 15.1. The van der Waals surface area contributed by atoms with E-state index in [0.717, 1.165) is 23.1 Å². The second kappa shape index (κ2) is 3.35. The van der Waals surface area contributed by atoms with Crippen molar-refractivity contribution in [2.45, 2.75) is 18.9 Å². The topological polar surface area (TPSA) is 45.9 Å². The van der Waals surface area contributed by atoms with Gasteiger partial charge in [0.15, 0.2) is 5.75 Å². The Morgan fingerprint density at radius 2 is 2.38 bits per heavy atom. The second-order valence-electron chi connectivity index (χ2n) is 2.93. The molecule has 0 N–H and O–H groups in total. The molecule has 0 bridgehead atoms. The molecule has 2 rings (SSSR count). The fourth-order valence-corrected chi connectivity index (χ4v) is 1.34. The molecule has 0 atom stereocenters. The van der Waals surface area contributed by atoms with Gasteiger partial charge < -0.3 is 4.74 Å². The average Bonchev–Trinajstić information content (AvgIpc) is 2.92. The van der Waals surface area contributed by atoms with Crippen LogP contribution < -0.4 is 4.74 Å². The first-order chi connectivity index (χ1) is 6.29. The van der Waals surface area contributed by atoms with Crippen LogP contribution in [0.25, 0.3) is 0 Å². The molecule has 1 aromatic rings. The van der Waals surface area contributed by atoms with E-state index in [0.29, 0.717) is 11.8 Å². The van der Waals surface area contributed by atoms with Crippen molar-refractivity contribution < 1.29 is 4.74 Å². The van der Waals surface area contributed by atoms with Gasteiger partial charge in [-0.3, -0.25) is 0 Å². The van der Waals surface area contributed by atoms with Gasteiger partial charge in [0.2, 0.25) is 0 Å². The first-order valence-electron chi connectivity index (χ1n) is 4.02. The Kier molecular flexibility index (Phi) is 2.19. The number of hydrogen-bond donors (Lipinski definition) is 0. The third-order valence-corrected chi connectivity index (χ3v) is 2.37. The molecule has 13 heavy (non-hydrogen) atoms. The fourth-order valence-electron chi connectivity index (χ4n) is 0.932. The number of nitriles is 1. The second-order valence-corrected chi connectivity index (χ2v) is 3.78. The molecule has 1 heterocycles. The van der Waals surface area contributed by atoms with Crippen molar-refractivity contribution >= 4 is 15.9 Å². The summed E-state index contributed by atoms with van der Waals surface area (Å²) in [6, 6.07) is 3.63. The molecule has 1 aromatic heterocycles. The Hall–Kier alpha value is -1.08. The third-order valence-electron chi connectivity index (χ3n) is 1.75. The third kappa shape index (κ3) is 1.99. The summed E-state index contributed by atoms with van der Waals surface area (Å²) in [5.74, 6) is 0.724. The predicted octanol–water partition coefficient (Wildman–Crippen LogP) is 2.26. The van der Waals surface area contributed by atoms with Crippen molar-refractivity contribution in [3.8, 4) is 11.8 Å². The summed E-state index contributed by atoms with van der Waals surface area (Å²) in [4.78, 5) is 3.92. The van der Waals surface area contributed by atoms with E-state index in [1.165, 1.54) is 0 Å². The maximum atomic E-state index is 8.57. The van der Waals surface area contributed by atoms with E-state index in [-0.39, 0.29) is 0 Å².